The van der Waals surface area contributed by atoms with Gasteiger partial charge >= 0.3 is 5.97 Å². The molecule has 9 nitrogen and oxygen atoms in total. The number of rotatable bonds is 20. The van der Waals surface area contributed by atoms with E-state index in [-0.39, 0.29) is 5.97 Å². The van der Waals surface area contributed by atoms with Crippen molar-refractivity contribution in [1.29, 1.82) is 0 Å². The molecule has 0 aromatic rings. The second kappa shape index (κ2) is 21.2. The Labute approximate surface area is 162 Å². The number of likely N-dealkylation sites (N-methyl/N-ethyl adjacent to an activating group) is 1. The fourth-order valence-corrected chi connectivity index (χ4v) is 1.80. The van der Waals surface area contributed by atoms with E-state index in [1.165, 1.54) is 6.08 Å². The molecule has 0 aromatic heterocycles. The largest absolute Gasteiger partial charge is 0.463 e. The van der Waals surface area contributed by atoms with E-state index in [2.05, 4.69) is 10.4 Å². The lowest BCUT2D eigenvalue weighted by Crippen LogP contribution is -2.24. The first-order valence-corrected chi connectivity index (χ1v) is 9.32. The molecule has 0 unspecified atom stereocenters. The Bertz CT molecular complexity index is 357. The predicted octanol–water partition coefficient (Wildman–Crippen LogP) is 0.255. The Hall–Kier alpha value is -1.07. The summed E-state index contributed by atoms with van der Waals surface area (Å²) < 4.78 is 26.4. The van der Waals surface area contributed by atoms with Gasteiger partial charge in [-0.05, 0) is 14.0 Å². The first-order valence-electron chi connectivity index (χ1n) is 9.32. The van der Waals surface area contributed by atoms with Gasteiger partial charge in [-0.1, -0.05) is 6.08 Å². The third-order valence-corrected chi connectivity index (χ3v) is 3.17. The summed E-state index contributed by atoms with van der Waals surface area (Å²) in [6, 6.07) is 0. The molecule has 0 spiro atoms. The van der Waals surface area contributed by atoms with Crippen LogP contribution in [0.15, 0.2) is 12.2 Å². The smallest absolute Gasteiger partial charge is 0.330 e. The van der Waals surface area contributed by atoms with Gasteiger partial charge in [0.15, 0.2) is 0 Å². The number of hydroxylamine groups is 1. The summed E-state index contributed by atoms with van der Waals surface area (Å²) >= 11 is 0. The van der Waals surface area contributed by atoms with Crippen LogP contribution in [0, 0.1) is 0 Å². The standard InChI is InChI=1S/C18H36N2O7/c1-4-26-18(21)6-5-7-20(3)8-9-22-10-11-23-12-13-24-14-15-25-16-17-27-19-2/h5-6,19H,4,7-17H2,1-3H3/b6-5+. The number of hydrogen-bond acceptors (Lipinski definition) is 9. The van der Waals surface area contributed by atoms with E-state index in [9.17, 15) is 4.79 Å². The van der Waals surface area contributed by atoms with Crippen LogP contribution in [0.1, 0.15) is 6.92 Å². The first-order chi connectivity index (χ1) is 13.2. The summed E-state index contributed by atoms with van der Waals surface area (Å²) in [5.74, 6) is -0.310. The van der Waals surface area contributed by atoms with Crippen LogP contribution in [0.2, 0.25) is 0 Å². The van der Waals surface area contributed by atoms with E-state index >= 15 is 0 Å². The van der Waals surface area contributed by atoms with Crippen molar-refractivity contribution >= 4 is 5.97 Å². The third kappa shape index (κ3) is 21.1. The number of esters is 1. The van der Waals surface area contributed by atoms with Gasteiger partial charge in [-0.25, -0.2) is 10.3 Å². The van der Waals surface area contributed by atoms with E-state index in [1.54, 1.807) is 20.0 Å². The molecule has 0 saturated heterocycles. The number of carbonyl (C=O) groups excluding carboxylic acids is 1. The molecule has 0 heterocycles. The Morgan fingerprint density at radius 1 is 0.889 bits per heavy atom. The maximum atomic E-state index is 11.1. The second-order valence-electron chi connectivity index (χ2n) is 5.42. The van der Waals surface area contributed by atoms with E-state index in [0.717, 1.165) is 6.54 Å². The fraction of sp³-hybridized carbons (Fsp3) is 0.833. The zero-order valence-electron chi connectivity index (χ0n) is 16.9. The van der Waals surface area contributed by atoms with Gasteiger partial charge in [-0.15, -0.1) is 0 Å². The molecule has 0 atom stereocenters. The fourth-order valence-electron chi connectivity index (χ4n) is 1.80. The number of carbonyl (C=O) groups is 1. The molecule has 0 aliphatic rings. The Balaban J connectivity index is 3.23. The molecule has 160 valence electrons. The van der Waals surface area contributed by atoms with Gasteiger partial charge in [-0.3, -0.25) is 4.84 Å². The number of ether oxygens (including phenoxy) is 5. The summed E-state index contributed by atoms with van der Waals surface area (Å²) in [4.78, 5) is 18.1. The van der Waals surface area contributed by atoms with Gasteiger partial charge in [0, 0.05) is 26.2 Å². The SMILES string of the molecule is CCOC(=O)/C=C/CN(C)CCOCCOCCOCCOCCONC. The molecule has 0 amide bonds. The average molecular weight is 392 g/mol. The van der Waals surface area contributed by atoms with Gasteiger partial charge in [0.2, 0.25) is 0 Å². The highest BCUT2D eigenvalue weighted by molar-refractivity contribution is 5.81. The number of hydrogen-bond donors (Lipinski definition) is 1. The molecule has 0 rings (SSSR count). The normalized spacial score (nSPS) is 11.6. The molecule has 9 heteroatoms. The zero-order chi connectivity index (χ0) is 20.0. The summed E-state index contributed by atoms with van der Waals surface area (Å²) in [6.45, 7) is 8.50. The highest BCUT2D eigenvalue weighted by atomic mass is 16.7. The lowest BCUT2D eigenvalue weighted by molar-refractivity contribution is -0.137. The van der Waals surface area contributed by atoms with Gasteiger partial charge in [-0.2, -0.15) is 0 Å². The topological polar surface area (TPSA) is 87.7 Å². The Morgan fingerprint density at radius 3 is 1.93 bits per heavy atom. The van der Waals surface area contributed by atoms with Crippen LogP contribution in [-0.4, -0.2) is 104 Å². The van der Waals surface area contributed by atoms with Crippen molar-refractivity contribution in [2.75, 3.05) is 93.3 Å². The summed E-state index contributed by atoms with van der Waals surface area (Å²) in [6.07, 6.45) is 3.23. The van der Waals surface area contributed by atoms with Crippen LogP contribution in [0.4, 0.5) is 0 Å². The summed E-state index contributed by atoms with van der Waals surface area (Å²) in [5.41, 5.74) is 2.57. The van der Waals surface area contributed by atoms with Crippen LogP contribution in [0.3, 0.4) is 0 Å². The van der Waals surface area contributed by atoms with Crippen molar-refractivity contribution < 1.29 is 33.3 Å². The Morgan fingerprint density at radius 2 is 1.41 bits per heavy atom. The lowest BCUT2D eigenvalue weighted by atomic mass is 10.4. The highest BCUT2D eigenvalue weighted by Gasteiger charge is 1.98. The van der Waals surface area contributed by atoms with Gasteiger partial charge in [0.05, 0.1) is 66.1 Å². The highest BCUT2D eigenvalue weighted by Crippen LogP contribution is 1.88. The van der Waals surface area contributed by atoms with E-state index in [0.29, 0.717) is 72.6 Å². The summed E-state index contributed by atoms with van der Waals surface area (Å²) in [7, 11) is 3.67. The molecule has 0 bridgehead atoms. The van der Waals surface area contributed by atoms with Crippen molar-refractivity contribution in [3.63, 3.8) is 0 Å². The maximum Gasteiger partial charge on any atom is 0.330 e. The van der Waals surface area contributed by atoms with Crippen LogP contribution in [-0.2, 0) is 33.3 Å². The minimum absolute atomic E-state index is 0.310. The lowest BCUT2D eigenvalue weighted by Gasteiger charge is -2.14. The molecule has 1 N–H and O–H groups in total. The average Bonchev–Trinajstić information content (AvgIpc) is 2.65. The molecule has 0 radical (unpaired) electrons. The molecule has 0 aliphatic heterocycles. The van der Waals surface area contributed by atoms with E-state index < -0.39 is 0 Å². The van der Waals surface area contributed by atoms with Crippen LogP contribution >= 0.6 is 0 Å². The molecule has 0 aliphatic carbocycles. The van der Waals surface area contributed by atoms with Gasteiger partial charge in [0.1, 0.15) is 0 Å². The maximum absolute atomic E-state index is 11.1. The Kier molecular flexibility index (Phi) is 20.4. The minimum Gasteiger partial charge on any atom is -0.463 e. The van der Waals surface area contributed by atoms with E-state index in [4.69, 9.17) is 28.5 Å². The van der Waals surface area contributed by atoms with E-state index in [1.807, 2.05) is 7.05 Å². The van der Waals surface area contributed by atoms with Crippen molar-refractivity contribution in [1.82, 2.24) is 10.4 Å². The quantitative estimate of drug-likeness (QED) is 0.136. The third-order valence-electron chi connectivity index (χ3n) is 3.17. The van der Waals surface area contributed by atoms with Crippen LogP contribution in [0.5, 0.6) is 0 Å². The second-order valence-corrected chi connectivity index (χ2v) is 5.42. The van der Waals surface area contributed by atoms with Crippen molar-refractivity contribution in [3.8, 4) is 0 Å². The minimum atomic E-state index is -0.310. The van der Waals surface area contributed by atoms with Crippen LogP contribution in [0.25, 0.3) is 0 Å². The number of nitrogens with zero attached hydrogens (tertiary/aromatic N) is 1. The molecular weight excluding hydrogens is 356 g/mol. The van der Waals surface area contributed by atoms with Gasteiger partial charge in [0.25, 0.3) is 0 Å². The molecule has 0 aromatic carbocycles. The van der Waals surface area contributed by atoms with Crippen molar-refractivity contribution in [3.05, 3.63) is 12.2 Å². The molecule has 0 saturated carbocycles. The number of nitrogens with one attached hydrogen (secondary N) is 1. The summed E-state index contributed by atoms with van der Waals surface area (Å²) in [5, 5.41) is 0. The first kappa shape index (κ1) is 25.9. The van der Waals surface area contributed by atoms with Gasteiger partial charge < -0.3 is 28.6 Å². The van der Waals surface area contributed by atoms with Crippen molar-refractivity contribution in [2.45, 2.75) is 6.92 Å². The zero-order valence-corrected chi connectivity index (χ0v) is 16.9. The predicted molar refractivity (Wildman–Crippen MR) is 102 cm³/mol. The molecule has 0 fully saturated rings. The molecule has 27 heavy (non-hydrogen) atoms. The monoisotopic (exact) mass is 392 g/mol. The molecular formula is C18H36N2O7. The van der Waals surface area contributed by atoms with Crippen LogP contribution < -0.4 is 5.48 Å². The van der Waals surface area contributed by atoms with Crippen molar-refractivity contribution in [2.24, 2.45) is 0 Å².